The molecule has 1 aliphatic carbocycles. The molecule has 0 saturated heterocycles. The molecule has 0 fully saturated rings. The van der Waals surface area contributed by atoms with Crippen molar-refractivity contribution in [3.8, 4) is 0 Å². The van der Waals surface area contributed by atoms with E-state index in [1.807, 2.05) is 0 Å². The zero-order chi connectivity index (χ0) is 23.1. The molecule has 1 aliphatic rings. The van der Waals surface area contributed by atoms with Gasteiger partial charge in [-0.2, -0.15) is 0 Å². The average Bonchev–Trinajstić information content (AvgIpc) is 2.74. The molecule has 0 aromatic heterocycles. The summed E-state index contributed by atoms with van der Waals surface area (Å²) in [6, 6.07) is 0. The van der Waals surface area contributed by atoms with Crippen LogP contribution in [0.2, 0.25) is 0 Å². The van der Waals surface area contributed by atoms with Crippen LogP contribution >= 0.6 is 0 Å². The molecule has 1 amide bonds. The maximum Gasteiger partial charge on any atom is 0.407 e. The van der Waals surface area contributed by atoms with Crippen LogP contribution < -0.4 is 5.32 Å². The van der Waals surface area contributed by atoms with Crippen molar-refractivity contribution in [2.75, 3.05) is 72.6 Å². The van der Waals surface area contributed by atoms with Crippen molar-refractivity contribution in [3.05, 3.63) is 12.2 Å². The summed E-state index contributed by atoms with van der Waals surface area (Å²) < 4.78 is 32.0. The van der Waals surface area contributed by atoms with Crippen LogP contribution in [0.1, 0.15) is 38.5 Å². The number of amides is 1. The molecular weight excluding hydrogens is 422 g/mol. The number of carbonyl (C=O) groups excluding carboxylic acids is 1. The lowest BCUT2D eigenvalue weighted by molar-refractivity contribution is -0.138. The monoisotopic (exact) mass is 461 g/mol. The summed E-state index contributed by atoms with van der Waals surface area (Å²) >= 11 is 0. The third-order valence-electron chi connectivity index (χ3n) is 4.46. The Hall–Kier alpha value is -1.72. The summed E-state index contributed by atoms with van der Waals surface area (Å²) in [6.45, 7) is 4.48. The smallest absolute Gasteiger partial charge is 0.407 e. The van der Waals surface area contributed by atoms with Crippen molar-refractivity contribution >= 4 is 12.1 Å². The van der Waals surface area contributed by atoms with E-state index in [9.17, 15) is 9.59 Å². The second-order valence-electron chi connectivity index (χ2n) is 7.14. The number of allylic oxidation sites excluding steroid dienone is 2. The van der Waals surface area contributed by atoms with Crippen molar-refractivity contribution in [1.82, 2.24) is 5.32 Å². The summed E-state index contributed by atoms with van der Waals surface area (Å²) in [5.41, 5.74) is 0. The van der Waals surface area contributed by atoms with E-state index in [-0.39, 0.29) is 25.2 Å². The van der Waals surface area contributed by atoms with Crippen molar-refractivity contribution in [1.29, 1.82) is 0 Å². The minimum Gasteiger partial charge on any atom is -0.481 e. The average molecular weight is 462 g/mol. The van der Waals surface area contributed by atoms with Crippen LogP contribution in [0.4, 0.5) is 4.79 Å². The highest BCUT2D eigenvalue weighted by atomic mass is 16.6. The van der Waals surface area contributed by atoms with Gasteiger partial charge in [-0.25, -0.2) is 4.79 Å². The Morgan fingerprint density at radius 3 is 1.88 bits per heavy atom. The van der Waals surface area contributed by atoms with Crippen LogP contribution in [-0.2, 0) is 33.2 Å². The summed E-state index contributed by atoms with van der Waals surface area (Å²) in [5.74, 6) is -0.874. The van der Waals surface area contributed by atoms with Crippen LogP contribution in [0.3, 0.4) is 0 Å². The van der Waals surface area contributed by atoms with Crippen LogP contribution in [0.25, 0.3) is 0 Å². The fourth-order valence-electron chi connectivity index (χ4n) is 2.80. The zero-order valence-corrected chi connectivity index (χ0v) is 19.0. The second kappa shape index (κ2) is 21.1. The highest BCUT2D eigenvalue weighted by Crippen LogP contribution is 2.15. The molecule has 1 rings (SSSR count). The number of carbonyl (C=O) groups is 2. The van der Waals surface area contributed by atoms with Gasteiger partial charge in [-0.1, -0.05) is 12.2 Å². The van der Waals surface area contributed by atoms with E-state index in [0.29, 0.717) is 66.0 Å². The quantitative estimate of drug-likeness (QED) is 0.220. The molecular formula is C22H39NO9. The first-order valence-corrected chi connectivity index (χ1v) is 11.4. The molecule has 1 unspecified atom stereocenters. The number of aliphatic carboxylic acids is 1. The molecule has 2 N–H and O–H groups in total. The fraction of sp³-hybridized carbons (Fsp3) is 0.818. The lowest BCUT2D eigenvalue weighted by Gasteiger charge is -2.18. The Bertz CT molecular complexity index is 502. The molecule has 0 radical (unpaired) electrons. The lowest BCUT2D eigenvalue weighted by atomic mass is 10.0. The molecule has 0 bridgehead atoms. The van der Waals surface area contributed by atoms with Crippen molar-refractivity contribution in [3.63, 3.8) is 0 Å². The highest BCUT2D eigenvalue weighted by molar-refractivity contribution is 5.67. The molecule has 10 nitrogen and oxygen atoms in total. The standard InChI is InChI=1S/C22H39NO9/c24-21(25)8-10-27-12-14-29-16-18-31-19-17-30-15-13-28-11-9-23-22(26)32-20-6-4-2-1-3-5-7-20/h1-2,20H,3-19H2,(H,23,26)(H,24,25)/b2-1-. The largest absolute Gasteiger partial charge is 0.481 e. The Balaban J connectivity index is 1.75. The number of hydrogen-bond acceptors (Lipinski definition) is 8. The van der Waals surface area contributed by atoms with Gasteiger partial charge in [0.15, 0.2) is 0 Å². The van der Waals surface area contributed by atoms with Gasteiger partial charge in [0.25, 0.3) is 0 Å². The van der Waals surface area contributed by atoms with E-state index in [4.69, 9.17) is 33.5 Å². The summed E-state index contributed by atoms with van der Waals surface area (Å²) in [7, 11) is 0. The van der Waals surface area contributed by atoms with Crippen LogP contribution in [0.15, 0.2) is 12.2 Å². The number of rotatable bonds is 19. The van der Waals surface area contributed by atoms with Gasteiger partial charge in [0.1, 0.15) is 6.10 Å². The van der Waals surface area contributed by atoms with E-state index >= 15 is 0 Å². The van der Waals surface area contributed by atoms with E-state index in [1.165, 1.54) is 0 Å². The first kappa shape index (κ1) is 28.3. The second-order valence-corrected chi connectivity index (χ2v) is 7.14. The fourth-order valence-corrected chi connectivity index (χ4v) is 2.80. The first-order chi connectivity index (χ1) is 15.7. The third kappa shape index (κ3) is 19.0. The number of hydrogen-bond donors (Lipinski definition) is 2. The topological polar surface area (TPSA) is 122 Å². The van der Waals surface area contributed by atoms with Crippen molar-refractivity contribution in [2.24, 2.45) is 0 Å². The minimum absolute atomic E-state index is 0.00161. The molecule has 0 heterocycles. The molecule has 0 aromatic rings. The number of carboxylic acid groups (broad SMARTS) is 1. The Labute approximate surface area is 190 Å². The Morgan fingerprint density at radius 2 is 1.28 bits per heavy atom. The van der Waals surface area contributed by atoms with Crippen LogP contribution in [0.5, 0.6) is 0 Å². The number of alkyl carbamates (subject to hydrolysis) is 1. The Morgan fingerprint density at radius 1 is 0.750 bits per heavy atom. The molecule has 186 valence electrons. The highest BCUT2D eigenvalue weighted by Gasteiger charge is 2.14. The molecule has 32 heavy (non-hydrogen) atoms. The van der Waals surface area contributed by atoms with Crippen molar-refractivity contribution < 1.29 is 43.1 Å². The van der Waals surface area contributed by atoms with E-state index in [2.05, 4.69) is 17.5 Å². The molecule has 0 aromatic carbocycles. The van der Waals surface area contributed by atoms with Gasteiger partial charge in [-0.15, -0.1) is 0 Å². The molecule has 0 aliphatic heterocycles. The summed E-state index contributed by atoms with van der Waals surface area (Å²) in [6.07, 6.45) is 8.78. The lowest BCUT2D eigenvalue weighted by Crippen LogP contribution is -2.31. The number of carboxylic acids is 1. The van der Waals surface area contributed by atoms with Gasteiger partial charge in [0, 0.05) is 6.54 Å². The molecule has 0 saturated carbocycles. The van der Waals surface area contributed by atoms with Crippen molar-refractivity contribution in [2.45, 2.75) is 44.6 Å². The van der Waals surface area contributed by atoms with E-state index < -0.39 is 5.97 Å². The third-order valence-corrected chi connectivity index (χ3v) is 4.46. The predicted molar refractivity (Wildman–Crippen MR) is 117 cm³/mol. The Kier molecular flexibility index (Phi) is 18.7. The van der Waals surface area contributed by atoms with Gasteiger partial charge in [-0.3, -0.25) is 4.79 Å². The van der Waals surface area contributed by atoms with E-state index in [0.717, 1.165) is 32.1 Å². The molecule has 1 atom stereocenters. The van der Waals surface area contributed by atoms with Gasteiger partial charge in [-0.05, 0) is 32.1 Å². The molecule has 0 spiro atoms. The van der Waals surface area contributed by atoms with Crippen LogP contribution in [0, 0.1) is 0 Å². The number of nitrogens with one attached hydrogen (secondary N) is 1. The zero-order valence-electron chi connectivity index (χ0n) is 19.0. The maximum atomic E-state index is 11.8. The first-order valence-electron chi connectivity index (χ1n) is 11.4. The van der Waals surface area contributed by atoms with Crippen LogP contribution in [-0.4, -0.2) is 95.9 Å². The summed E-state index contributed by atoms with van der Waals surface area (Å²) in [5, 5.41) is 11.2. The SMILES string of the molecule is O=C(O)CCOCCOCCOCCOCCOCCNC(=O)OC1CC/C=C\CCC1. The molecule has 10 heteroatoms. The predicted octanol–water partition coefficient (Wildman–Crippen LogP) is 2.16. The van der Waals surface area contributed by atoms with Gasteiger partial charge < -0.3 is 38.8 Å². The normalized spacial score (nSPS) is 17.3. The summed E-state index contributed by atoms with van der Waals surface area (Å²) in [4.78, 5) is 22.1. The van der Waals surface area contributed by atoms with E-state index in [1.54, 1.807) is 0 Å². The van der Waals surface area contributed by atoms with Gasteiger partial charge in [0.2, 0.25) is 0 Å². The van der Waals surface area contributed by atoms with Gasteiger partial charge in [0.05, 0.1) is 72.5 Å². The van der Waals surface area contributed by atoms with Gasteiger partial charge >= 0.3 is 12.1 Å². The minimum atomic E-state index is -0.874. The number of ether oxygens (including phenoxy) is 6. The maximum absolute atomic E-state index is 11.8.